The van der Waals surface area contributed by atoms with Crippen LogP contribution in [-0.4, -0.2) is 49.5 Å². The summed E-state index contributed by atoms with van der Waals surface area (Å²) >= 11 is 0. The average Bonchev–Trinajstić information content (AvgIpc) is 2.38. The molecule has 116 valence electrons. The molecule has 0 aliphatic carbocycles. The van der Waals surface area contributed by atoms with Gasteiger partial charge in [-0.25, -0.2) is 0 Å². The van der Waals surface area contributed by atoms with Gasteiger partial charge in [0.15, 0.2) is 0 Å². The van der Waals surface area contributed by atoms with Crippen LogP contribution in [0.1, 0.15) is 46.5 Å². The zero-order valence-corrected chi connectivity index (χ0v) is 12.9. The van der Waals surface area contributed by atoms with Crippen molar-refractivity contribution in [2.45, 2.75) is 70.3 Å². The Morgan fingerprint density at radius 1 is 1.05 bits per heavy atom. The Labute approximate surface area is 121 Å². The molecule has 2 atom stereocenters. The minimum atomic E-state index is -0.429. The maximum atomic E-state index is 12.1. The molecule has 2 fully saturated rings. The van der Waals surface area contributed by atoms with Gasteiger partial charge >= 0.3 is 5.97 Å². The van der Waals surface area contributed by atoms with Crippen LogP contribution >= 0.6 is 0 Å². The number of rotatable bonds is 3. The van der Waals surface area contributed by atoms with Crippen LogP contribution in [0.5, 0.6) is 0 Å². The van der Waals surface area contributed by atoms with Gasteiger partial charge < -0.3 is 20.1 Å². The standard InChI is InChI=1S/C15H28N2O3/c1-15(2,3)20-14(18)13-10-12(6-9-17-13)19-11-4-7-16-8-5-11/h11-13,16-17H,4-10H2,1-3H3. The number of nitrogens with one attached hydrogen (secondary N) is 2. The topological polar surface area (TPSA) is 59.6 Å². The Bertz CT molecular complexity index is 322. The van der Waals surface area contributed by atoms with Gasteiger partial charge in [-0.3, -0.25) is 4.79 Å². The van der Waals surface area contributed by atoms with E-state index in [-0.39, 0.29) is 18.1 Å². The third-order valence-electron chi connectivity index (χ3n) is 3.72. The van der Waals surface area contributed by atoms with Gasteiger partial charge in [0.2, 0.25) is 0 Å². The highest BCUT2D eigenvalue weighted by molar-refractivity contribution is 5.76. The molecule has 0 aromatic heterocycles. The van der Waals surface area contributed by atoms with Crippen molar-refractivity contribution in [2.75, 3.05) is 19.6 Å². The number of hydrogen-bond acceptors (Lipinski definition) is 5. The summed E-state index contributed by atoms with van der Waals surface area (Å²) in [5.74, 6) is -0.156. The fourth-order valence-electron chi connectivity index (χ4n) is 2.76. The molecular weight excluding hydrogens is 256 g/mol. The van der Waals surface area contributed by atoms with Crippen molar-refractivity contribution < 1.29 is 14.3 Å². The van der Waals surface area contributed by atoms with Gasteiger partial charge in [0.05, 0.1) is 12.2 Å². The normalized spacial score (nSPS) is 29.1. The summed E-state index contributed by atoms with van der Waals surface area (Å²) in [4.78, 5) is 12.1. The van der Waals surface area contributed by atoms with Crippen molar-refractivity contribution in [3.63, 3.8) is 0 Å². The average molecular weight is 284 g/mol. The van der Waals surface area contributed by atoms with Crippen LogP contribution in [0.4, 0.5) is 0 Å². The molecule has 0 spiro atoms. The second-order valence-electron chi connectivity index (χ2n) is 6.77. The van der Waals surface area contributed by atoms with Gasteiger partial charge in [-0.2, -0.15) is 0 Å². The number of carbonyl (C=O) groups excluding carboxylic acids is 1. The Kier molecular flexibility index (Phi) is 5.41. The van der Waals surface area contributed by atoms with Crippen LogP contribution in [0.25, 0.3) is 0 Å². The van der Waals surface area contributed by atoms with Crippen LogP contribution in [-0.2, 0) is 14.3 Å². The molecule has 20 heavy (non-hydrogen) atoms. The van der Waals surface area contributed by atoms with Crippen molar-refractivity contribution in [3.05, 3.63) is 0 Å². The third-order valence-corrected chi connectivity index (χ3v) is 3.72. The summed E-state index contributed by atoms with van der Waals surface area (Å²) in [6.07, 6.45) is 4.36. The highest BCUT2D eigenvalue weighted by Crippen LogP contribution is 2.20. The van der Waals surface area contributed by atoms with Crippen LogP contribution in [0, 0.1) is 0 Å². The van der Waals surface area contributed by atoms with E-state index in [0.29, 0.717) is 6.10 Å². The largest absolute Gasteiger partial charge is 0.459 e. The van der Waals surface area contributed by atoms with Crippen LogP contribution < -0.4 is 10.6 Å². The van der Waals surface area contributed by atoms with E-state index >= 15 is 0 Å². The molecule has 2 aliphatic rings. The highest BCUT2D eigenvalue weighted by atomic mass is 16.6. The lowest BCUT2D eigenvalue weighted by Gasteiger charge is -2.34. The Balaban J connectivity index is 1.80. The monoisotopic (exact) mass is 284 g/mol. The predicted molar refractivity (Wildman–Crippen MR) is 77.6 cm³/mol. The predicted octanol–water partition coefficient (Wildman–Crippen LogP) is 1.22. The number of piperidine rings is 2. The first-order valence-electron chi connectivity index (χ1n) is 7.76. The van der Waals surface area contributed by atoms with E-state index in [1.54, 1.807) is 0 Å². The van der Waals surface area contributed by atoms with E-state index in [9.17, 15) is 4.79 Å². The second kappa shape index (κ2) is 6.87. The van der Waals surface area contributed by atoms with E-state index in [1.165, 1.54) is 0 Å². The Hall–Kier alpha value is -0.650. The van der Waals surface area contributed by atoms with Crippen LogP contribution in [0.3, 0.4) is 0 Å². The maximum absolute atomic E-state index is 12.1. The number of hydrogen-bond donors (Lipinski definition) is 2. The van der Waals surface area contributed by atoms with Crippen LogP contribution in [0.2, 0.25) is 0 Å². The summed E-state index contributed by atoms with van der Waals surface area (Å²) in [6.45, 7) is 8.58. The summed E-state index contributed by atoms with van der Waals surface area (Å²) in [6, 6.07) is -0.227. The van der Waals surface area contributed by atoms with Gasteiger partial charge in [0.1, 0.15) is 11.6 Å². The molecule has 2 unspecified atom stereocenters. The van der Waals surface area contributed by atoms with E-state index in [1.807, 2.05) is 20.8 Å². The van der Waals surface area contributed by atoms with E-state index in [2.05, 4.69) is 10.6 Å². The molecule has 5 heteroatoms. The molecule has 0 amide bonds. The lowest BCUT2D eigenvalue weighted by Crippen LogP contribution is -2.49. The molecule has 2 saturated heterocycles. The molecule has 2 aliphatic heterocycles. The first kappa shape index (κ1) is 15.7. The first-order chi connectivity index (χ1) is 9.44. The lowest BCUT2D eigenvalue weighted by molar-refractivity contribution is -0.160. The smallest absolute Gasteiger partial charge is 0.323 e. The van der Waals surface area contributed by atoms with Gasteiger partial charge in [-0.1, -0.05) is 0 Å². The van der Waals surface area contributed by atoms with E-state index in [4.69, 9.17) is 9.47 Å². The van der Waals surface area contributed by atoms with Crippen molar-refractivity contribution >= 4 is 5.97 Å². The highest BCUT2D eigenvalue weighted by Gasteiger charge is 2.32. The molecule has 0 radical (unpaired) electrons. The first-order valence-corrected chi connectivity index (χ1v) is 7.76. The minimum Gasteiger partial charge on any atom is -0.459 e. The van der Waals surface area contributed by atoms with Gasteiger partial charge in [0.25, 0.3) is 0 Å². The Morgan fingerprint density at radius 3 is 2.35 bits per heavy atom. The fourth-order valence-corrected chi connectivity index (χ4v) is 2.76. The zero-order valence-electron chi connectivity index (χ0n) is 12.9. The molecule has 0 aromatic carbocycles. The third kappa shape index (κ3) is 5.04. The molecule has 2 N–H and O–H groups in total. The molecule has 2 rings (SSSR count). The van der Waals surface area contributed by atoms with Crippen LogP contribution in [0.15, 0.2) is 0 Å². The van der Waals surface area contributed by atoms with E-state index < -0.39 is 5.60 Å². The number of ether oxygens (including phenoxy) is 2. The van der Waals surface area contributed by atoms with Crippen molar-refractivity contribution in [3.8, 4) is 0 Å². The van der Waals surface area contributed by atoms with Gasteiger partial charge in [-0.05, 0) is 66.1 Å². The molecule has 0 bridgehead atoms. The van der Waals surface area contributed by atoms with Gasteiger partial charge in [0, 0.05) is 0 Å². The van der Waals surface area contributed by atoms with Gasteiger partial charge in [-0.15, -0.1) is 0 Å². The Morgan fingerprint density at radius 2 is 1.70 bits per heavy atom. The lowest BCUT2D eigenvalue weighted by atomic mass is 10.0. The molecule has 5 nitrogen and oxygen atoms in total. The molecule has 0 aromatic rings. The maximum Gasteiger partial charge on any atom is 0.323 e. The van der Waals surface area contributed by atoms with Crippen molar-refractivity contribution in [1.82, 2.24) is 10.6 Å². The van der Waals surface area contributed by atoms with Crippen molar-refractivity contribution in [1.29, 1.82) is 0 Å². The molecular formula is C15H28N2O3. The second-order valence-corrected chi connectivity index (χ2v) is 6.77. The number of carbonyl (C=O) groups is 1. The molecule has 2 heterocycles. The quantitative estimate of drug-likeness (QED) is 0.763. The van der Waals surface area contributed by atoms with Crippen molar-refractivity contribution in [2.24, 2.45) is 0 Å². The summed E-state index contributed by atoms with van der Waals surface area (Å²) in [5.41, 5.74) is -0.429. The minimum absolute atomic E-state index is 0.156. The SMILES string of the molecule is CC(C)(C)OC(=O)C1CC(OC2CCNCC2)CCN1. The fraction of sp³-hybridized carbons (Fsp3) is 0.933. The summed E-state index contributed by atoms with van der Waals surface area (Å²) in [7, 11) is 0. The number of esters is 1. The summed E-state index contributed by atoms with van der Waals surface area (Å²) < 4.78 is 11.6. The van der Waals surface area contributed by atoms with E-state index in [0.717, 1.165) is 45.3 Å². The summed E-state index contributed by atoms with van der Waals surface area (Å²) in [5, 5.41) is 6.58. The molecule has 0 saturated carbocycles. The zero-order chi connectivity index (χ0) is 14.6.